The maximum Gasteiger partial charge on any atom is 0.295 e. The molecule has 0 heterocycles. The SMILES string of the molecule is NS(=O)(=O)c1ccc(NN=Cc2ccc(Cl)c(Cl)c2)c([N+](=O)[O-])c1. The summed E-state index contributed by atoms with van der Waals surface area (Å²) in [6.07, 6.45) is 1.37. The van der Waals surface area contributed by atoms with Crippen LogP contribution in [-0.2, 0) is 10.0 Å². The number of halogens is 2. The molecule has 0 saturated heterocycles. The summed E-state index contributed by atoms with van der Waals surface area (Å²) in [7, 11) is -4.05. The van der Waals surface area contributed by atoms with Crippen molar-refractivity contribution in [2.75, 3.05) is 5.43 Å². The summed E-state index contributed by atoms with van der Waals surface area (Å²) in [5.74, 6) is 0. The van der Waals surface area contributed by atoms with E-state index in [2.05, 4.69) is 10.5 Å². The zero-order valence-corrected chi connectivity index (χ0v) is 14.1. The van der Waals surface area contributed by atoms with E-state index in [4.69, 9.17) is 28.3 Å². The minimum absolute atomic E-state index is 0.00344. The zero-order chi connectivity index (χ0) is 17.9. The monoisotopic (exact) mass is 388 g/mol. The van der Waals surface area contributed by atoms with Gasteiger partial charge in [0.15, 0.2) is 0 Å². The lowest BCUT2D eigenvalue weighted by Crippen LogP contribution is -2.12. The van der Waals surface area contributed by atoms with Crippen LogP contribution in [0.15, 0.2) is 46.4 Å². The number of benzene rings is 2. The maximum atomic E-state index is 11.3. The molecule has 0 aromatic heterocycles. The van der Waals surface area contributed by atoms with Gasteiger partial charge in [-0.25, -0.2) is 13.6 Å². The summed E-state index contributed by atoms with van der Waals surface area (Å²) in [5, 5.41) is 20.6. The number of sulfonamides is 1. The highest BCUT2D eigenvalue weighted by Crippen LogP contribution is 2.27. The number of nitrogens with zero attached hydrogens (tertiary/aromatic N) is 2. The van der Waals surface area contributed by atoms with E-state index in [0.717, 1.165) is 12.1 Å². The van der Waals surface area contributed by atoms with Crippen molar-refractivity contribution in [2.24, 2.45) is 10.2 Å². The number of nitro benzene ring substituents is 1. The molecule has 0 radical (unpaired) electrons. The molecule has 0 saturated carbocycles. The van der Waals surface area contributed by atoms with Crippen LogP contribution in [0.4, 0.5) is 11.4 Å². The number of hydrogen-bond donors (Lipinski definition) is 2. The van der Waals surface area contributed by atoms with Crippen molar-refractivity contribution in [3.63, 3.8) is 0 Å². The Bertz CT molecular complexity index is 932. The molecule has 0 bridgehead atoms. The zero-order valence-electron chi connectivity index (χ0n) is 11.8. The summed E-state index contributed by atoms with van der Waals surface area (Å²) in [6.45, 7) is 0. The van der Waals surface area contributed by atoms with E-state index in [0.29, 0.717) is 15.6 Å². The van der Waals surface area contributed by atoms with E-state index < -0.39 is 20.6 Å². The van der Waals surface area contributed by atoms with Crippen LogP contribution in [0.1, 0.15) is 5.56 Å². The van der Waals surface area contributed by atoms with Gasteiger partial charge < -0.3 is 0 Å². The fourth-order valence-corrected chi connectivity index (χ4v) is 2.54. The molecule has 0 atom stereocenters. The lowest BCUT2D eigenvalue weighted by molar-refractivity contribution is -0.384. The summed E-state index contributed by atoms with van der Waals surface area (Å²) in [4.78, 5) is 9.95. The Balaban J connectivity index is 2.27. The van der Waals surface area contributed by atoms with Crippen LogP contribution in [0, 0.1) is 10.1 Å². The largest absolute Gasteiger partial charge is 0.295 e. The van der Waals surface area contributed by atoms with Crippen molar-refractivity contribution in [3.05, 3.63) is 62.1 Å². The van der Waals surface area contributed by atoms with Gasteiger partial charge in [0.05, 0.1) is 26.1 Å². The first-order valence-corrected chi connectivity index (χ1v) is 8.54. The normalized spacial score (nSPS) is 11.6. The van der Waals surface area contributed by atoms with Crippen LogP contribution in [0.25, 0.3) is 0 Å². The number of hydrogen-bond acceptors (Lipinski definition) is 6. The average Bonchev–Trinajstić information content (AvgIpc) is 2.50. The predicted molar refractivity (Wildman–Crippen MR) is 92.1 cm³/mol. The summed E-state index contributed by atoms with van der Waals surface area (Å²) in [6, 6.07) is 7.98. The van der Waals surface area contributed by atoms with Gasteiger partial charge in [-0.1, -0.05) is 29.3 Å². The van der Waals surface area contributed by atoms with Crippen molar-refractivity contribution in [3.8, 4) is 0 Å². The molecular weight excluding hydrogens is 379 g/mol. The highest BCUT2D eigenvalue weighted by Gasteiger charge is 2.18. The number of anilines is 1. The molecule has 8 nitrogen and oxygen atoms in total. The van der Waals surface area contributed by atoms with Gasteiger partial charge in [-0.3, -0.25) is 15.5 Å². The highest BCUT2D eigenvalue weighted by atomic mass is 35.5. The van der Waals surface area contributed by atoms with E-state index in [1.165, 1.54) is 12.3 Å². The first-order valence-electron chi connectivity index (χ1n) is 6.24. The Morgan fingerprint density at radius 1 is 1.17 bits per heavy atom. The third kappa shape index (κ3) is 4.42. The lowest BCUT2D eigenvalue weighted by Gasteiger charge is -2.04. The van der Waals surface area contributed by atoms with E-state index in [9.17, 15) is 18.5 Å². The van der Waals surface area contributed by atoms with Gasteiger partial charge in [-0.2, -0.15) is 5.10 Å². The second-order valence-electron chi connectivity index (χ2n) is 4.52. The average molecular weight is 389 g/mol. The van der Waals surface area contributed by atoms with Gasteiger partial charge in [0.2, 0.25) is 10.0 Å². The molecule has 0 aliphatic carbocycles. The van der Waals surface area contributed by atoms with Crippen molar-refractivity contribution < 1.29 is 13.3 Å². The van der Waals surface area contributed by atoms with Crippen LogP contribution in [0.3, 0.4) is 0 Å². The van der Waals surface area contributed by atoms with Crippen molar-refractivity contribution in [1.29, 1.82) is 0 Å². The Kier molecular flexibility index (Phi) is 5.40. The molecule has 0 unspecified atom stereocenters. The summed E-state index contributed by atoms with van der Waals surface area (Å²) >= 11 is 11.7. The first kappa shape index (κ1) is 18.1. The van der Waals surface area contributed by atoms with Crippen LogP contribution < -0.4 is 10.6 Å². The molecule has 0 spiro atoms. The third-order valence-corrected chi connectivity index (χ3v) is 4.49. The Hall–Kier alpha value is -2.20. The lowest BCUT2D eigenvalue weighted by atomic mass is 10.2. The second-order valence-corrected chi connectivity index (χ2v) is 6.90. The van der Waals surface area contributed by atoms with Crippen molar-refractivity contribution in [1.82, 2.24) is 0 Å². The molecule has 0 amide bonds. The fraction of sp³-hybridized carbons (Fsp3) is 0. The van der Waals surface area contributed by atoms with Crippen molar-refractivity contribution >= 4 is 50.8 Å². The van der Waals surface area contributed by atoms with Crippen LogP contribution in [0.5, 0.6) is 0 Å². The Morgan fingerprint density at radius 2 is 1.88 bits per heavy atom. The second kappa shape index (κ2) is 7.14. The quantitative estimate of drug-likeness (QED) is 0.462. The third-order valence-electron chi connectivity index (χ3n) is 2.84. The van der Waals surface area contributed by atoms with Crippen LogP contribution in [-0.4, -0.2) is 19.6 Å². The Labute approximate surface area is 147 Å². The molecule has 2 rings (SSSR count). The van der Waals surface area contributed by atoms with Gasteiger partial charge in [0.25, 0.3) is 5.69 Å². The smallest absolute Gasteiger partial charge is 0.272 e. The number of rotatable bonds is 5. The van der Waals surface area contributed by atoms with E-state index in [-0.39, 0.29) is 10.6 Å². The molecule has 2 aromatic rings. The van der Waals surface area contributed by atoms with Crippen LogP contribution in [0.2, 0.25) is 10.0 Å². The number of nitrogens with one attached hydrogen (secondary N) is 1. The molecule has 3 N–H and O–H groups in total. The number of nitro groups is 1. The summed E-state index contributed by atoms with van der Waals surface area (Å²) in [5.41, 5.74) is 2.61. The van der Waals surface area contributed by atoms with Crippen molar-refractivity contribution in [2.45, 2.75) is 4.90 Å². The van der Waals surface area contributed by atoms with E-state index in [1.54, 1.807) is 18.2 Å². The molecule has 126 valence electrons. The first-order chi connectivity index (χ1) is 11.2. The molecule has 11 heteroatoms. The van der Waals surface area contributed by atoms with E-state index >= 15 is 0 Å². The van der Waals surface area contributed by atoms with Crippen LogP contribution >= 0.6 is 23.2 Å². The number of hydrazone groups is 1. The maximum absolute atomic E-state index is 11.3. The minimum atomic E-state index is -4.05. The van der Waals surface area contributed by atoms with Gasteiger partial charge in [0.1, 0.15) is 5.69 Å². The topological polar surface area (TPSA) is 128 Å². The Morgan fingerprint density at radius 3 is 2.46 bits per heavy atom. The molecule has 2 aromatic carbocycles. The molecule has 24 heavy (non-hydrogen) atoms. The molecule has 0 fully saturated rings. The predicted octanol–water partition coefficient (Wildman–Crippen LogP) is 3.00. The van der Waals surface area contributed by atoms with Gasteiger partial charge in [0, 0.05) is 6.07 Å². The number of primary sulfonamides is 1. The van der Waals surface area contributed by atoms with Gasteiger partial charge in [-0.15, -0.1) is 0 Å². The minimum Gasteiger partial charge on any atom is -0.272 e. The number of nitrogens with two attached hydrogens (primary N) is 1. The van der Waals surface area contributed by atoms with Gasteiger partial charge >= 0.3 is 0 Å². The summed E-state index contributed by atoms with van der Waals surface area (Å²) < 4.78 is 22.5. The highest BCUT2D eigenvalue weighted by molar-refractivity contribution is 7.89. The van der Waals surface area contributed by atoms with E-state index in [1.807, 2.05) is 0 Å². The molecular formula is C13H10Cl2N4O4S. The molecule has 0 aliphatic heterocycles. The van der Waals surface area contributed by atoms with Gasteiger partial charge in [-0.05, 0) is 29.8 Å². The standard InChI is InChI=1S/C13H10Cl2N4O4S/c14-10-3-1-8(5-11(10)15)7-17-18-12-4-2-9(24(16,22)23)6-13(12)19(20)21/h1-7,18H,(H2,16,22,23). The fourth-order valence-electron chi connectivity index (χ4n) is 1.70. The molecule has 0 aliphatic rings.